The van der Waals surface area contributed by atoms with Gasteiger partial charge in [0.25, 0.3) is 11.5 Å². The number of thioether (sulfide) groups is 1. The zero-order valence-corrected chi connectivity index (χ0v) is 25.6. The minimum Gasteiger partial charge on any atom is -0.376 e. The van der Waals surface area contributed by atoms with Crippen molar-refractivity contribution in [1.29, 1.82) is 5.26 Å². The van der Waals surface area contributed by atoms with Crippen molar-refractivity contribution in [3.63, 3.8) is 0 Å². The number of amides is 1. The van der Waals surface area contributed by atoms with Crippen molar-refractivity contribution in [2.75, 3.05) is 31.1 Å². The second-order valence-electron chi connectivity index (χ2n) is 11.2. The van der Waals surface area contributed by atoms with E-state index in [1.165, 1.54) is 17.3 Å². The Balaban J connectivity index is 1.49. The van der Waals surface area contributed by atoms with E-state index >= 15 is 0 Å². The molecule has 0 bridgehead atoms. The van der Waals surface area contributed by atoms with Crippen LogP contribution >= 0.6 is 24.0 Å². The van der Waals surface area contributed by atoms with Crippen LogP contribution in [-0.2, 0) is 22.5 Å². The number of pyridine rings is 1. The maximum atomic E-state index is 13.6. The zero-order chi connectivity index (χ0) is 28.9. The number of aromatic nitrogens is 1. The van der Waals surface area contributed by atoms with Gasteiger partial charge in [-0.15, -0.1) is 0 Å². The molecule has 2 aromatic rings. The molecule has 3 aliphatic heterocycles. The Morgan fingerprint density at radius 2 is 1.93 bits per heavy atom. The highest BCUT2D eigenvalue weighted by Gasteiger charge is 2.36. The lowest BCUT2D eigenvalue weighted by Gasteiger charge is -2.36. The van der Waals surface area contributed by atoms with Crippen molar-refractivity contribution in [3.05, 3.63) is 67.8 Å². The third-order valence-corrected chi connectivity index (χ3v) is 9.80. The monoisotopic (exact) mass is 590 g/mol. The zero-order valence-electron chi connectivity index (χ0n) is 23.9. The van der Waals surface area contributed by atoms with E-state index in [1.807, 2.05) is 19.1 Å². The smallest absolute Gasteiger partial charge is 0.270 e. The van der Waals surface area contributed by atoms with Crippen molar-refractivity contribution in [2.24, 2.45) is 5.92 Å². The van der Waals surface area contributed by atoms with Gasteiger partial charge in [-0.2, -0.15) is 5.26 Å². The summed E-state index contributed by atoms with van der Waals surface area (Å²) in [6, 6.07) is 12.8. The van der Waals surface area contributed by atoms with E-state index in [2.05, 4.69) is 42.2 Å². The van der Waals surface area contributed by atoms with Crippen molar-refractivity contribution in [1.82, 2.24) is 9.47 Å². The first-order valence-electron chi connectivity index (χ1n) is 14.7. The standard InChI is InChI=1S/C32H38N4O3S2/c1-3-4-14-35-29(34-15-12-24(13-16-34)18-23-9-6-5-7-10-23)26(22(2)27(20-33)30(35)37)19-28-31(38)36(32(40)41-28)21-25-11-8-17-39-25/h5-7,9-10,19,24-25H,3-4,8,11-18,21H2,1-2H3/b28-19-. The maximum Gasteiger partial charge on any atom is 0.270 e. The number of rotatable bonds is 9. The normalized spacial score (nSPS) is 20.8. The van der Waals surface area contributed by atoms with Gasteiger partial charge >= 0.3 is 0 Å². The van der Waals surface area contributed by atoms with E-state index in [0.717, 1.165) is 76.0 Å². The molecule has 0 spiro atoms. The van der Waals surface area contributed by atoms with Crippen LogP contribution in [0.25, 0.3) is 6.08 Å². The van der Waals surface area contributed by atoms with E-state index in [1.54, 1.807) is 9.47 Å². The van der Waals surface area contributed by atoms with Gasteiger partial charge in [-0.1, -0.05) is 67.7 Å². The predicted molar refractivity (Wildman–Crippen MR) is 169 cm³/mol. The molecule has 7 nitrogen and oxygen atoms in total. The molecule has 0 aliphatic carbocycles. The van der Waals surface area contributed by atoms with E-state index in [-0.39, 0.29) is 23.1 Å². The SMILES string of the molecule is CCCCn1c(N2CCC(Cc3ccccc3)CC2)c(/C=C2\SC(=S)N(CC3CCCO3)C2=O)c(C)c(C#N)c1=O. The average molecular weight is 591 g/mol. The van der Waals surface area contributed by atoms with Gasteiger partial charge in [-0.3, -0.25) is 19.1 Å². The molecule has 3 saturated heterocycles. The molecule has 9 heteroatoms. The highest BCUT2D eigenvalue weighted by Crippen LogP contribution is 2.37. The van der Waals surface area contributed by atoms with Crippen molar-refractivity contribution >= 4 is 46.1 Å². The molecule has 216 valence electrons. The summed E-state index contributed by atoms with van der Waals surface area (Å²) in [4.78, 5) is 31.6. The molecule has 0 saturated carbocycles. The number of carbonyl (C=O) groups is 1. The summed E-state index contributed by atoms with van der Waals surface area (Å²) in [6.45, 7) is 7.27. The molecule has 0 radical (unpaired) electrons. The summed E-state index contributed by atoms with van der Waals surface area (Å²) < 4.78 is 8.07. The third-order valence-electron chi connectivity index (χ3n) is 8.42. The fraction of sp³-hybridized carbons (Fsp3) is 0.500. The summed E-state index contributed by atoms with van der Waals surface area (Å²) in [5.41, 5.74) is 2.64. The maximum absolute atomic E-state index is 13.6. The highest BCUT2D eigenvalue weighted by atomic mass is 32.2. The summed E-state index contributed by atoms with van der Waals surface area (Å²) in [6.07, 6.45) is 8.63. The molecule has 4 heterocycles. The number of piperidine rings is 1. The van der Waals surface area contributed by atoms with E-state index < -0.39 is 0 Å². The lowest BCUT2D eigenvalue weighted by molar-refractivity contribution is -0.123. The Hall–Kier alpha value is -2.93. The van der Waals surface area contributed by atoms with Crippen LogP contribution in [0.3, 0.4) is 0 Å². The number of hydrogen-bond donors (Lipinski definition) is 0. The Bertz CT molecular complexity index is 1420. The van der Waals surface area contributed by atoms with Crippen LogP contribution in [0.15, 0.2) is 40.0 Å². The van der Waals surface area contributed by atoms with Crippen LogP contribution in [-0.4, -0.2) is 52.0 Å². The summed E-state index contributed by atoms with van der Waals surface area (Å²) >= 11 is 6.90. The molecule has 41 heavy (non-hydrogen) atoms. The second-order valence-corrected chi connectivity index (χ2v) is 12.9. The van der Waals surface area contributed by atoms with Gasteiger partial charge in [-0.25, -0.2) is 0 Å². The molecule has 3 aliphatic rings. The molecular formula is C32H38N4O3S2. The average Bonchev–Trinajstić information content (AvgIpc) is 3.59. The summed E-state index contributed by atoms with van der Waals surface area (Å²) in [7, 11) is 0. The molecule has 1 atom stereocenters. The van der Waals surface area contributed by atoms with Crippen molar-refractivity contribution in [3.8, 4) is 6.07 Å². The van der Waals surface area contributed by atoms with Crippen LogP contribution < -0.4 is 10.5 Å². The topological polar surface area (TPSA) is 78.6 Å². The molecule has 1 amide bonds. The van der Waals surface area contributed by atoms with Gasteiger partial charge in [0.05, 0.1) is 17.6 Å². The number of unbranched alkanes of at least 4 members (excludes halogenated alkanes) is 1. The van der Waals surface area contributed by atoms with Crippen LogP contribution in [0.4, 0.5) is 5.82 Å². The number of hydrogen-bond acceptors (Lipinski definition) is 7. The number of anilines is 1. The number of thiocarbonyl (C=S) groups is 1. The Morgan fingerprint density at radius 3 is 2.59 bits per heavy atom. The summed E-state index contributed by atoms with van der Waals surface area (Å²) in [5, 5.41) is 9.99. The molecular weight excluding hydrogens is 553 g/mol. The first-order chi connectivity index (χ1) is 19.9. The number of carbonyl (C=O) groups excluding carboxylic acids is 1. The molecule has 1 aromatic heterocycles. The fourth-order valence-electron chi connectivity index (χ4n) is 6.09. The highest BCUT2D eigenvalue weighted by molar-refractivity contribution is 8.26. The van der Waals surface area contributed by atoms with Crippen LogP contribution in [0, 0.1) is 24.2 Å². The van der Waals surface area contributed by atoms with E-state index in [4.69, 9.17) is 17.0 Å². The van der Waals surface area contributed by atoms with E-state index in [9.17, 15) is 14.9 Å². The third kappa shape index (κ3) is 6.45. The Labute approximate surface area is 252 Å². The van der Waals surface area contributed by atoms with Gasteiger partial charge in [0, 0.05) is 31.8 Å². The lowest BCUT2D eigenvalue weighted by atomic mass is 9.90. The molecule has 5 rings (SSSR count). The predicted octanol–water partition coefficient (Wildman–Crippen LogP) is 5.67. The molecule has 1 unspecified atom stereocenters. The number of nitriles is 1. The van der Waals surface area contributed by atoms with Gasteiger partial charge in [-0.05, 0) is 68.6 Å². The Morgan fingerprint density at radius 1 is 1.17 bits per heavy atom. The van der Waals surface area contributed by atoms with Gasteiger partial charge in [0.15, 0.2) is 0 Å². The fourth-order valence-corrected chi connectivity index (χ4v) is 7.34. The molecule has 3 fully saturated rings. The van der Waals surface area contributed by atoms with Crippen LogP contribution in [0.2, 0.25) is 0 Å². The number of ether oxygens (including phenoxy) is 1. The molecule has 0 N–H and O–H groups in total. The molecule has 1 aromatic carbocycles. The minimum atomic E-state index is -0.247. The largest absolute Gasteiger partial charge is 0.376 e. The minimum absolute atomic E-state index is 0.00692. The number of nitrogens with zero attached hydrogens (tertiary/aromatic N) is 4. The van der Waals surface area contributed by atoms with Gasteiger partial charge < -0.3 is 9.64 Å². The van der Waals surface area contributed by atoms with Crippen molar-refractivity contribution < 1.29 is 9.53 Å². The lowest BCUT2D eigenvalue weighted by Crippen LogP contribution is -2.40. The van der Waals surface area contributed by atoms with Gasteiger partial charge in [0.2, 0.25) is 0 Å². The van der Waals surface area contributed by atoms with Crippen LogP contribution in [0.5, 0.6) is 0 Å². The quantitative estimate of drug-likeness (QED) is 0.275. The number of benzene rings is 1. The van der Waals surface area contributed by atoms with Crippen LogP contribution in [0.1, 0.15) is 67.7 Å². The Kier molecular flexibility index (Phi) is 9.64. The first-order valence-corrected chi connectivity index (χ1v) is 16.0. The first kappa shape index (κ1) is 29.6. The van der Waals surface area contributed by atoms with Gasteiger partial charge in [0.1, 0.15) is 21.8 Å². The summed E-state index contributed by atoms with van der Waals surface area (Å²) in [5.74, 6) is 1.26. The second kappa shape index (κ2) is 13.4. The van der Waals surface area contributed by atoms with E-state index in [0.29, 0.717) is 33.8 Å². The van der Waals surface area contributed by atoms with Crippen molar-refractivity contribution in [2.45, 2.75) is 71.4 Å².